The fraction of sp³-hybridized carbons (Fsp3) is 0.600. The summed E-state index contributed by atoms with van der Waals surface area (Å²) < 4.78 is 67.9. The minimum Gasteiger partial charge on any atom is -0.872 e. The largest absolute Gasteiger partial charge is 2.00 e. The molecule has 0 aliphatic carbocycles. The van der Waals surface area contributed by atoms with Crippen LogP contribution in [0.2, 0.25) is 0 Å². The van der Waals surface area contributed by atoms with E-state index in [0.29, 0.717) is 24.2 Å². The van der Waals surface area contributed by atoms with Crippen LogP contribution in [0.4, 0.5) is 0 Å². The second kappa shape index (κ2) is 24.1. The Morgan fingerprint density at radius 1 is 0.718 bits per heavy atom. The van der Waals surface area contributed by atoms with Crippen LogP contribution in [0.1, 0.15) is 37.5 Å². The van der Waals surface area contributed by atoms with Crippen LogP contribution in [-0.4, -0.2) is 87.6 Å². The van der Waals surface area contributed by atoms with Crippen molar-refractivity contribution in [2.24, 2.45) is 9.98 Å². The van der Waals surface area contributed by atoms with Crippen LogP contribution in [-0.2, 0) is 39.6 Å². The van der Waals surface area contributed by atoms with Crippen LogP contribution in [0.15, 0.2) is 22.1 Å². The molecule has 0 spiro atoms. The van der Waals surface area contributed by atoms with Gasteiger partial charge < -0.3 is 25.9 Å². The Balaban J connectivity index is -0.000000167. The molecule has 2 radical (unpaired) electrons. The molecule has 19 heteroatoms. The van der Waals surface area contributed by atoms with E-state index in [2.05, 4.69) is 40.6 Å². The number of hydrogen-bond acceptors (Lipinski definition) is 14. The number of likely N-dealkylation sites (N-methyl/N-ethyl adjacent to an activating group) is 2. The molecular formula is C20H36Cl2Cu2N4O11. The van der Waals surface area contributed by atoms with E-state index < -0.39 is 20.5 Å². The van der Waals surface area contributed by atoms with E-state index in [0.717, 1.165) is 18.7 Å². The molecule has 0 aliphatic rings. The number of rotatable bonds is 8. The van der Waals surface area contributed by atoms with Crippen LogP contribution in [0, 0.1) is 20.5 Å². The SMILES string of the molecule is CN(C)CCN=Cc1cc(C(C)(C)C)cc(C=NCCN(C)C)c1[O-].O.[Cu+2].[Cu+2].[O-][Cl+3]([O-])([O-])[O-].[O-][Cl+3]([O-])([O-])[O-].[OH-]. The zero-order valence-electron chi connectivity index (χ0n) is 22.4. The standard InChI is InChI=1S/C20H34N4O.2ClHO4.2Cu.2H2O/c1-20(2,3)18-12-16(14-21-8-10-23(4)5)19(25)17(13-18)15-22-9-11-24(6)7;2*2-1(3,4)5;;;;/h12-15,25H,8-11H2,1-7H3;2*(H,2,3,4,5);;;2*1H2/q;;;2*+2;;/p-4. The van der Waals surface area contributed by atoms with Gasteiger partial charge in [0.05, 0.1) is 13.1 Å². The normalized spacial score (nSPS) is 11.4. The number of hydrogen-bond donors (Lipinski definition) is 0. The first kappa shape index (κ1) is 51.3. The number of halogens is 2. The Kier molecular flexibility index (Phi) is 31.7. The van der Waals surface area contributed by atoms with Gasteiger partial charge in [-0.3, -0.25) is 9.98 Å². The van der Waals surface area contributed by atoms with Gasteiger partial charge in [0.15, 0.2) is 0 Å². The third kappa shape index (κ3) is 37.5. The monoisotopic (exact) mass is 704 g/mol. The van der Waals surface area contributed by atoms with Gasteiger partial charge >= 0.3 is 34.1 Å². The summed E-state index contributed by atoms with van der Waals surface area (Å²) in [5, 5.41) is 12.7. The maximum Gasteiger partial charge on any atom is 2.00 e. The molecule has 1 aromatic rings. The van der Waals surface area contributed by atoms with Crippen molar-refractivity contribution in [3.63, 3.8) is 0 Å². The summed E-state index contributed by atoms with van der Waals surface area (Å²) in [6.07, 6.45) is 3.41. The van der Waals surface area contributed by atoms with E-state index in [1.54, 1.807) is 12.4 Å². The Bertz CT molecular complexity index is 736. The average molecular weight is 707 g/mol. The molecule has 0 fully saturated rings. The maximum absolute atomic E-state index is 12.7. The van der Waals surface area contributed by atoms with Gasteiger partial charge in [0, 0.05) is 25.5 Å². The topological polar surface area (TPSA) is 300 Å². The molecule has 0 saturated carbocycles. The van der Waals surface area contributed by atoms with Crippen molar-refractivity contribution in [3.8, 4) is 5.75 Å². The Hall–Kier alpha value is -0.501. The van der Waals surface area contributed by atoms with Gasteiger partial charge in [0.25, 0.3) is 0 Å². The van der Waals surface area contributed by atoms with Crippen LogP contribution in [0.5, 0.6) is 5.75 Å². The van der Waals surface area contributed by atoms with Crippen molar-refractivity contribution in [1.82, 2.24) is 9.80 Å². The summed E-state index contributed by atoms with van der Waals surface area (Å²) in [6, 6.07) is 3.91. The van der Waals surface area contributed by atoms with Crippen molar-refractivity contribution in [1.29, 1.82) is 0 Å². The van der Waals surface area contributed by atoms with Crippen molar-refractivity contribution >= 4 is 12.4 Å². The number of benzene rings is 1. The summed E-state index contributed by atoms with van der Waals surface area (Å²) in [5.74, 6) is -0.00444. The molecule has 0 amide bonds. The van der Waals surface area contributed by atoms with Gasteiger partial charge in [0.2, 0.25) is 0 Å². The molecule has 0 aliphatic heterocycles. The van der Waals surface area contributed by atoms with Gasteiger partial charge in [-0.2, -0.15) is 0 Å². The van der Waals surface area contributed by atoms with Crippen molar-refractivity contribution in [2.45, 2.75) is 26.2 Å². The zero-order chi connectivity index (χ0) is 28.0. The average Bonchev–Trinajstić information content (AvgIpc) is 2.60. The van der Waals surface area contributed by atoms with Crippen molar-refractivity contribution in [3.05, 3.63) is 28.8 Å². The van der Waals surface area contributed by atoms with E-state index >= 15 is 0 Å². The summed E-state index contributed by atoms with van der Waals surface area (Å²) in [5.41, 5.74) is 2.36. The molecule has 0 bridgehead atoms. The Labute approximate surface area is 254 Å². The molecule has 1 aromatic carbocycles. The maximum atomic E-state index is 12.7. The molecule has 0 saturated heterocycles. The molecular weight excluding hydrogens is 670 g/mol. The van der Waals surface area contributed by atoms with E-state index in [9.17, 15) is 5.11 Å². The Morgan fingerprint density at radius 3 is 1.18 bits per heavy atom. The van der Waals surface area contributed by atoms with Crippen LogP contribution >= 0.6 is 0 Å². The van der Waals surface area contributed by atoms with Crippen LogP contribution < -0.4 is 42.4 Å². The van der Waals surface area contributed by atoms with Gasteiger partial charge in [-0.25, -0.2) is 37.3 Å². The number of nitrogens with zero attached hydrogens (tertiary/aromatic N) is 4. The van der Waals surface area contributed by atoms with Gasteiger partial charge in [-0.05, 0) is 50.3 Å². The second-order valence-corrected chi connectivity index (χ2v) is 10.2. The van der Waals surface area contributed by atoms with Gasteiger partial charge in [-0.15, -0.1) is 20.5 Å². The minimum atomic E-state index is -4.94. The third-order valence-corrected chi connectivity index (χ3v) is 3.83. The smallest absolute Gasteiger partial charge is 0.872 e. The molecule has 0 unspecified atom stereocenters. The summed E-state index contributed by atoms with van der Waals surface area (Å²) >= 11 is 0. The molecule has 15 nitrogen and oxygen atoms in total. The fourth-order valence-electron chi connectivity index (χ4n) is 2.14. The summed E-state index contributed by atoms with van der Waals surface area (Å²) in [6.45, 7) is 9.52. The van der Waals surface area contributed by atoms with Crippen LogP contribution in [0.3, 0.4) is 0 Å². The van der Waals surface area contributed by atoms with E-state index in [-0.39, 0.29) is 56.3 Å². The molecule has 238 valence electrons. The van der Waals surface area contributed by atoms with E-state index in [1.165, 1.54) is 0 Å². The quantitative estimate of drug-likeness (QED) is 0.180. The predicted molar refractivity (Wildman–Crippen MR) is 112 cm³/mol. The molecule has 0 atom stereocenters. The van der Waals surface area contributed by atoms with E-state index in [4.69, 9.17) is 37.3 Å². The first-order valence-electron chi connectivity index (χ1n) is 9.99. The first-order valence-corrected chi connectivity index (χ1v) is 12.5. The van der Waals surface area contributed by atoms with Crippen LogP contribution in [0.25, 0.3) is 0 Å². The molecule has 0 aromatic heterocycles. The Morgan fingerprint density at radius 2 is 0.974 bits per heavy atom. The van der Waals surface area contributed by atoms with Gasteiger partial charge in [0.1, 0.15) is 0 Å². The molecule has 39 heavy (non-hydrogen) atoms. The third-order valence-electron chi connectivity index (χ3n) is 3.83. The summed E-state index contributed by atoms with van der Waals surface area (Å²) in [7, 11) is -1.84. The van der Waals surface area contributed by atoms with Crippen molar-refractivity contribution < 1.29 is 108 Å². The molecule has 1 rings (SSSR count). The predicted octanol–water partition coefficient (Wildman–Crippen LogP) is -8.50. The minimum absolute atomic E-state index is 0. The molecule has 0 heterocycles. The second-order valence-electron chi connectivity index (χ2n) is 8.67. The first-order chi connectivity index (χ1) is 15.6. The zero-order valence-corrected chi connectivity index (χ0v) is 25.8. The van der Waals surface area contributed by atoms with E-state index in [1.807, 2.05) is 40.3 Å². The van der Waals surface area contributed by atoms with Crippen molar-refractivity contribution in [2.75, 3.05) is 54.4 Å². The number of aliphatic imine (C=N–C) groups is 2. The fourth-order valence-corrected chi connectivity index (χ4v) is 2.14. The van der Waals surface area contributed by atoms with Gasteiger partial charge in [-0.1, -0.05) is 38.7 Å². The molecule has 3 N–H and O–H groups in total. The summed E-state index contributed by atoms with van der Waals surface area (Å²) in [4.78, 5) is 13.0.